The molecular weight excluding hydrogens is 757 g/mol. The molecule has 0 aliphatic rings. The van der Waals surface area contributed by atoms with E-state index < -0.39 is 0 Å². The zero-order chi connectivity index (χ0) is 40.3. The van der Waals surface area contributed by atoms with Gasteiger partial charge >= 0.3 is 0 Å². The van der Waals surface area contributed by atoms with Crippen LogP contribution in [0.15, 0.2) is 231 Å². The van der Waals surface area contributed by atoms with Crippen molar-refractivity contribution in [2.45, 2.75) is 0 Å². The second-order valence-electron chi connectivity index (χ2n) is 15.8. The third kappa shape index (κ3) is 6.18. The fraction of sp³-hybridized carbons (Fsp3) is 0. The van der Waals surface area contributed by atoms with Gasteiger partial charge in [0.15, 0.2) is 0 Å². The number of nitrogens with zero attached hydrogens (tertiary/aromatic N) is 2. The van der Waals surface area contributed by atoms with Crippen LogP contribution in [0.25, 0.3) is 91.8 Å². The SMILES string of the molecule is c1cc(-c2ccc(N(c3ccc(-c4ccc5ccccc5c4)cc3)c3ccc(-c4ccc5c(c4)sc4ccccc45)cc3)cc2)cc(-n2c3ccccc3c3ccccc32)c1. The monoisotopic (exact) mass is 794 g/mol. The van der Waals surface area contributed by atoms with Crippen LogP contribution in [0.5, 0.6) is 0 Å². The molecule has 2 heterocycles. The molecule has 0 bridgehead atoms. The summed E-state index contributed by atoms with van der Waals surface area (Å²) >= 11 is 1.86. The van der Waals surface area contributed by atoms with E-state index in [4.69, 9.17) is 0 Å². The van der Waals surface area contributed by atoms with Gasteiger partial charge in [-0.05, 0) is 123 Å². The van der Waals surface area contributed by atoms with Crippen molar-refractivity contribution in [1.29, 1.82) is 0 Å². The van der Waals surface area contributed by atoms with Crippen LogP contribution in [0, 0.1) is 0 Å². The molecule has 61 heavy (non-hydrogen) atoms. The Morgan fingerprint density at radius 3 is 1.41 bits per heavy atom. The molecule has 0 N–H and O–H groups in total. The molecule has 0 amide bonds. The Balaban J connectivity index is 0.912. The lowest BCUT2D eigenvalue weighted by Crippen LogP contribution is -2.09. The molecule has 0 saturated carbocycles. The summed E-state index contributed by atoms with van der Waals surface area (Å²) in [6.07, 6.45) is 0. The van der Waals surface area contributed by atoms with Crippen LogP contribution in [0.4, 0.5) is 17.1 Å². The predicted octanol–water partition coefficient (Wildman–Crippen LogP) is 16.8. The van der Waals surface area contributed by atoms with Gasteiger partial charge in [-0.15, -0.1) is 11.3 Å². The van der Waals surface area contributed by atoms with Crippen molar-refractivity contribution in [3.63, 3.8) is 0 Å². The molecular formula is C58H38N2S. The van der Waals surface area contributed by atoms with Crippen LogP contribution in [-0.4, -0.2) is 4.57 Å². The van der Waals surface area contributed by atoms with Crippen LogP contribution < -0.4 is 4.90 Å². The quantitative estimate of drug-likeness (QED) is 0.156. The first-order valence-electron chi connectivity index (χ1n) is 20.8. The van der Waals surface area contributed by atoms with Crippen LogP contribution in [0.2, 0.25) is 0 Å². The van der Waals surface area contributed by atoms with Crippen molar-refractivity contribution >= 4 is 81.1 Å². The van der Waals surface area contributed by atoms with Crippen molar-refractivity contribution in [2.75, 3.05) is 4.90 Å². The molecule has 0 saturated heterocycles. The van der Waals surface area contributed by atoms with Gasteiger partial charge in [-0.1, -0.05) is 152 Å². The first-order chi connectivity index (χ1) is 30.2. The third-order valence-electron chi connectivity index (χ3n) is 12.2. The molecule has 0 unspecified atom stereocenters. The minimum absolute atomic E-state index is 1.10. The van der Waals surface area contributed by atoms with E-state index in [0.29, 0.717) is 0 Å². The van der Waals surface area contributed by atoms with Crippen molar-refractivity contribution in [1.82, 2.24) is 4.57 Å². The Morgan fingerprint density at radius 1 is 0.295 bits per heavy atom. The fourth-order valence-corrected chi connectivity index (χ4v) is 10.3. The number of thiophene rings is 1. The Kier molecular flexibility index (Phi) is 8.39. The molecule has 12 aromatic rings. The summed E-state index contributed by atoms with van der Waals surface area (Å²) in [6, 6.07) is 84.2. The molecule has 0 spiro atoms. The van der Waals surface area contributed by atoms with Gasteiger partial charge in [-0.3, -0.25) is 0 Å². The topological polar surface area (TPSA) is 8.17 Å². The largest absolute Gasteiger partial charge is 0.311 e. The molecule has 0 atom stereocenters. The summed E-state index contributed by atoms with van der Waals surface area (Å²) in [5, 5.41) is 7.68. The zero-order valence-corrected chi connectivity index (χ0v) is 34.1. The Hall–Kier alpha value is -7.72. The molecule has 2 nitrogen and oxygen atoms in total. The van der Waals surface area contributed by atoms with Crippen molar-refractivity contribution in [2.24, 2.45) is 0 Å². The minimum atomic E-state index is 1.10. The maximum Gasteiger partial charge on any atom is 0.0541 e. The standard InChI is InChI=1S/C58H38N2S/c1-2-11-43-36-45(21-20-39(43)10-1)41-24-31-48(32-25-41)59(49-33-26-42(27-34-49)46-28-35-54-53-16-5-8-19-57(53)61-58(54)38-46)47-29-22-40(23-30-47)44-12-9-13-50(37-44)60-55-17-6-3-14-51(55)52-15-4-7-18-56(52)60/h1-38H. The second-order valence-corrected chi connectivity index (χ2v) is 16.9. The van der Waals surface area contributed by atoms with E-state index in [0.717, 1.165) is 22.7 Å². The number of benzene rings is 10. The molecule has 0 fully saturated rings. The number of rotatable bonds is 7. The molecule has 286 valence electrons. The summed E-state index contributed by atoms with van der Waals surface area (Å²) in [7, 11) is 0. The minimum Gasteiger partial charge on any atom is -0.311 e. The lowest BCUT2D eigenvalue weighted by Gasteiger charge is -2.26. The average Bonchev–Trinajstić information content (AvgIpc) is 3.88. The van der Waals surface area contributed by atoms with Gasteiger partial charge in [-0.25, -0.2) is 0 Å². The van der Waals surface area contributed by atoms with E-state index in [1.165, 1.54) is 86.1 Å². The molecule has 3 heteroatoms. The van der Waals surface area contributed by atoms with E-state index in [2.05, 4.69) is 240 Å². The highest BCUT2D eigenvalue weighted by atomic mass is 32.1. The van der Waals surface area contributed by atoms with Crippen molar-refractivity contribution in [3.8, 4) is 39.1 Å². The molecule has 0 radical (unpaired) electrons. The second kappa shape index (κ2) is 14.5. The number of anilines is 3. The summed E-state index contributed by atoms with van der Waals surface area (Å²) < 4.78 is 5.03. The summed E-state index contributed by atoms with van der Waals surface area (Å²) in [5.74, 6) is 0. The van der Waals surface area contributed by atoms with Crippen LogP contribution >= 0.6 is 11.3 Å². The maximum atomic E-state index is 2.39. The van der Waals surface area contributed by atoms with Gasteiger partial charge in [0, 0.05) is 53.7 Å². The number of hydrogen-bond donors (Lipinski definition) is 0. The molecule has 0 aliphatic heterocycles. The van der Waals surface area contributed by atoms with Gasteiger partial charge in [0.05, 0.1) is 11.0 Å². The smallest absolute Gasteiger partial charge is 0.0541 e. The first-order valence-corrected chi connectivity index (χ1v) is 21.6. The Labute approximate surface area is 358 Å². The third-order valence-corrected chi connectivity index (χ3v) is 13.3. The average molecular weight is 795 g/mol. The molecule has 2 aromatic heterocycles. The molecule has 10 aromatic carbocycles. The lowest BCUT2D eigenvalue weighted by atomic mass is 10.0. The van der Waals surface area contributed by atoms with Crippen molar-refractivity contribution in [3.05, 3.63) is 231 Å². The van der Waals surface area contributed by atoms with Crippen LogP contribution in [0.3, 0.4) is 0 Å². The van der Waals surface area contributed by atoms with Gasteiger partial charge in [-0.2, -0.15) is 0 Å². The lowest BCUT2D eigenvalue weighted by molar-refractivity contribution is 1.18. The number of hydrogen-bond acceptors (Lipinski definition) is 2. The Bertz CT molecular complexity index is 3520. The van der Waals surface area contributed by atoms with Crippen molar-refractivity contribution < 1.29 is 0 Å². The first kappa shape index (κ1) is 35.2. The number of para-hydroxylation sites is 2. The summed E-state index contributed by atoms with van der Waals surface area (Å²) in [4.78, 5) is 2.36. The summed E-state index contributed by atoms with van der Waals surface area (Å²) in [5.41, 5.74) is 14.1. The number of aromatic nitrogens is 1. The van der Waals surface area contributed by atoms with Gasteiger partial charge in [0.25, 0.3) is 0 Å². The van der Waals surface area contributed by atoms with E-state index in [1.807, 2.05) is 11.3 Å². The van der Waals surface area contributed by atoms with E-state index >= 15 is 0 Å². The highest BCUT2D eigenvalue weighted by Crippen LogP contribution is 2.40. The summed E-state index contributed by atoms with van der Waals surface area (Å²) in [6.45, 7) is 0. The molecule has 12 rings (SSSR count). The normalized spacial score (nSPS) is 11.6. The van der Waals surface area contributed by atoms with Gasteiger partial charge < -0.3 is 9.47 Å². The van der Waals surface area contributed by atoms with Crippen LogP contribution in [0.1, 0.15) is 0 Å². The fourth-order valence-electron chi connectivity index (χ4n) is 9.16. The number of fused-ring (bicyclic) bond motifs is 7. The molecule has 0 aliphatic carbocycles. The van der Waals surface area contributed by atoms with Gasteiger partial charge in [0.2, 0.25) is 0 Å². The predicted molar refractivity (Wildman–Crippen MR) is 262 cm³/mol. The van der Waals surface area contributed by atoms with E-state index in [-0.39, 0.29) is 0 Å². The van der Waals surface area contributed by atoms with E-state index in [9.17, 15) is 0 Å². The van der Waals surface area contributed by atoms with Crippen LogP contribution in [-0.2, 0) is 0 Å². The highest BCUT2D eigenvalue weighted by molar-refractivity contribution is 7.25. The van der Waals surface area contributed by atoms with E-state index in [1.54, 1.807) is 0 Å². The zero-order valence-electron chi connectivity index (χ0n) is 33.2. The van der Waals surface area contributed by atoms with Gasteiger partial charge in [0.1, 0.15) is 0 Å². The maximum absolute atomic E-state index is 2.39. The Morgan fingerprint density at radius 2 is 0.770 bits per heavy atom. The highest BCUT2D eigenvalue weighted by Gasteiger charge is 2.16.